The van der Waals surface area contributed by atoms with Crippen LogP contribution in [0.3, 0.4) is 0 Å². The molecular formula is C25H32BrClFN5O5. The summed E-state index contributed by atoms with van der Waals surface area (Å²) < 4.78 is 32.3. The fraction of sp³-hybridized carbons (Fsp3) is 0.520. The van der Waals surface area contributed by atoms with Gasteiger partial charge in [0.2, 0.25) is 5.28 Å². The summed E-state index contributed by atoms with van der Waals surface area (Å²) in [5, 5.41) is 6.73. The minimum atomic E-state index is -0.880. The van der Waals surface area contributed by atoms with Gasteiger partial charge in [-0.05, 0) is 106 Å². The predicted octanol–water partition coefficient (Wildman–Crippen LogP) is 6.39. The van der Waals surface area contributed by atoms with Crippen molar-refractivity contribution in [1.29, 1.82) is 0 Å². The van der Waals surface area contributed by atoms with Crippen LogP contribution in [0, 0.1) is 6.92 Å². The van der Waals surface area contributed by atoms with E-state index in [1.54, 1.807) is 60.6 Å². The minimum absolute atomic E-state index is 0.00971. The first-order chi connectivity index (χ1) is 17.6. The quantitative estimate of drug-likeness (QED) is 0.327. The van der Waals surface area contributed by atoms with Gasteiger partial charge in [0, 0.05) is 0 Å². The molecule has 1 N–H and O–H groups in total. The van der Waals surface area contributed by atoms with Crippen LogP contribution in [0.2, 0.25) is 5.28 Å². The van der Waals surface area contributed by atoms with Gasteiger partial charge in [-0.3, -0.25) is 4.90 Å². The van der Waals surface area contributed by atoms with Gasteiger partial charge in [-0.25, -0.2) is 18.5 Å². The van der Waals surface area contributed by atoms with Crippen molar-refractivity contribution in [2.75, 3.05) is 11.6 Å². The second kappa shape index (κ2) is 11.5. The van der Waals surface area contributed by atoms with Crippen LogP contribution < -0.4 is 10.2 Å². The van der Waals surface area contributed by atoms with Gasteiger partial charge in [-0.15, -0.1) is 5.10 Å². The van der Waals surface area contributed by atoms with Crippen molar-refractivity contribution in [3.05, 3.63) is 45.2 Å². The summed E-state index contributed by atoms with van der Waals surface area (Å²) in [6.07, 6.45) is 0.206. The van der Waals surface area contributed by atoms with Crippen LogP contribution in [-0.4, -0.2) is 50.7 Å². The lowest BCUT2D eigenvalue weighted by molar-refractivity contribution is 0.0494. The minimum Gasteiger partial charge on any atom is -0.467 e. The van der Waals surface area contributed by atoms with Crippen LogP contribution in [0.25, 0.3) is 5.52 Å². The fourth-order valence-electron chi connectivity index (χ4n) is 3.68. The average Bonchev–Trinajstić information content (AvgIpc) is 3.36. The number of carbonyl (C=O) groups excluding carboxylic acids is 2. The number of nitrogens with one attached hydrogen (secondary N) is 1. The zero-order chi connectivity index (χ0) is 28.4. The fourth-order valence-corrected chi connectivity index (χ4v) is 4.55. The Bertz CT molecular complexity index is 1300. The molecule has 0 aromatic carbocycles. The molecule has 3 aromatic rings. The number of ether oxygens (including phenoxy) is 2. The lowest BCUT2D eigenvalue weighted by Crippen LogP contribution is -2.41. The molecule has 0 bridgehead atoms. The maximum atomic E-state index is 14.0. The molecule has 0 fully saturated rings. The number of fused-ring (bicyclic) bond motifs is 1. The van der Waals surface area contributed by atoms with E-state index in [2.05, 4.69) is 31.3 Å². The second-order valence-corrected chi connectivity index (χ2v) is 11.8. The number of aromatic nitrogens is 3. The van der Waals surface area contributed by atoms with E-state index < -0.39 is 36.1 Å². The molecule has 3 aromatic heterocycles. The van der Waals surface area contributed by atoms with E-state index in [0.717, 1.165) is 0 Å². The lowest BCUT2D eigenvalue weighted by Gasteiger charge is -2.26. The summed E-state index contributed by atoms with van der Waals surface area (Å²) in [7, 11) is 0. The molecule has 0 aliphatic heterocycles. The molecular weight excluding hydrogens is 585 g/mol. The first kappa shape index (κ1) is 29.7. The Morgan fingerprint density at radius 1 is 1.24 bits per heavy atom. The predicted molar refractivity (Wildman–Crippen MR) is 144 cm³/mol. The molecule has 10 nitrogen and oxygen atoms in total. The van der Waals surface area contributed by atoms with Gasteiger partial charge in [0.25, 0.3) is 0 Å². The molecule has 208 valence electrons. The number of hydrogen-bond acceptors (Lipinski definition) is 7. The van der Waals surface area contributed by atoms with Gasteiger partial charge in [-0.1, -0.05) is 0 Å². The smallest absolute Gasteiger partial charge is 0.416 e. The molecule has 0 saturated heterocycles. The Labute approximate surface area is 233 Å². The summed E-state index contributed by atoms with van der Waals surface area (Å²) in [6.45, 7) is 11.4. The van der Waals surface area contributed by atoms with Crippen LogP contribution in [0.5, 0.6) is 0 Å². The van der Waals surface area contributed by atoms with E-state index in [9.17, 15) is 14.0 Å². The highest BCUT2D eigenvalue weighted by atomic mass is 79.9. The highest BCUT2D eigenvalue weighted by Crippen LogP contribution is 2.35. The number of alkyl halides is 1. The zero-order valence-electron chi connectivity index (χ0n) is 22.4. The number of nitrogens with zero attached hydrogens (tertiary/aromatic N) is 4. The van der Waals surface area contributed by atoms with Crippen molar-refractivity contribution in [2.24, 2.45) is 0 Å². The molecule has 38 heavy (non-hydrogen) atoms. The maximum Gasteiger partial charge on any atom is 0.416 e. The molecule has 3 rings (SSSR count). The Hall–Kier alpha value is -2.86. The summed E-state index contributed by atoms with van der Waals surface area (Å²) in [5.74, 6) is 0.670. The van der Waals surface area contributed by atoms with Gasteiger partial charge in [0.05, 0.1) is 18.8 Å². The number of anilines is 1. The van der Waals surface area contributed by atoms with E-state index in [-0.39, 0.29) is 24.1 Å². The Morgan fingerprint density at radius 3 is 2.45 bits per heavy atom. The molecule has 13 heteroatoms. The van der Waals surface area contributed by atoms with E-state index in [1.165, 1.54) is 15.7 Å². The van der Waals surface area contributed by atoms with E-state index in [1.807, 2.05) is 0 Å². The summed E-state index contributed by atoms with van der Waals surface area (Å²) in [5.41, 5.74) is 0.233. The average molecular weight is 617 g/mol. The Morgan fingerprint density at radius 2 is 1.89 bits per heavy atom. The number of alkyl carbamates (subject to hydrolysis) is 1. The Kier molecular flexibility index (Phi) is 8.97. The van der Waals surface area contributed by atoms with Crippen molar-refractivity contribution < 1.29 is 27.9 Å². The third-order valence-corrected chi connectivity index (χ3v) is 6.14. The number of hydrogen-bond donors (Lipinski definition) is 1. The largest absolute Gasteiger partial charge is 0.467 e. The van der Waals surface area contributed by atoms with Gasteiger partial charge in [-0.2, -0.15) is 4.98 Å². The van der Waals surface area contributed by atoms with Crippen LogP contribution >= 0.6 is 27.5 Å². The van der Waals surface area contributed by atoms with Gasteiger partial charge >= 0.3 is 12.2 Å². The Balaban J connectivity index is 2.07. The van der Waals surface area contributed by atoms with Crippen LogP contribution in [0.1, 0.15) is 58.4 Å². The number of aryl methyl sites for hydroxylation is 1. The maximum absolute atomic E-state index is 14.0. The van der Waals surface area contributed by atoms with E-state index in [0.29, 0.717) is 27.0 Å². The molecule has 2 amide bonds. The van der Waals surface area contributed by atoms with E-state index >= 15 is 0 Å². The zero-order valence-corrected chi connectivity index (χ0v) is 24.7. The molecule has 0 saturated carbocycles. The highest BCUT2D eigenvalue weighted by molar-refractivity contribution is 9.10. The molecule has 0 unspecified atom stereocenters. The molecule has 0 aliphatic carbocycles. The van der Waals surface area contributed by atoms with Crippen molar-refractivity contribution in [2.45, 2.75) is 78.7 Å². The topological polar surface area (TPSA) is 111 Å². The van der Waals surface area contributed by atoms with Crippen LogP contribution in [-0.2, 0) is 22.4 Å². The molecule has 3 heterocycles. The van der Waals surface area contributed by atoms with Crippen molar-refractivity contribution in [3.8, 4) is 0 Å². The SMILES string of the molecule is Cc1c(C[C@H](CF)NC(=O)OC(C)(C)C)c(Br)n2nc(Cl)nc(N(Cc3ccco3)C(=O)OC(C)(C)C)c12. The third-order valence-electron chi connectivity index (χ3n) is 5.17. The summed E-state index contributed by atoms with van der Waals surface area (Å²) >= 11 is 9.82. The summed E-state index contributed by atoms with van der Waals surface area (Å²) in [6, 6.07) is 2.55. The standard InChI is InChI=1S/C25H32BrClFN5O5/c1-14-17(11-15(12-28)29-22(34)37-24(2,3)4)19(26)33-18(14)20(30-21(27)31-33)32(13-16-9-8-10-36-16)23(35)38-25(5,6)7/h8-10,15H,11-13H2,1-7H3,(H,29,34)/t15-/m1/s1. The highest BCUT2D eigenvalue weighted by Gasteiger charge is 2.31. The van der Waals surface area contributed by atoms with Crippen molar-refractivity contribution in [3.63, 3.8) is 0 Å². The number of halogens is 3. The van der Waals surface area contributed by atoms with Crippen LogP contribution in [0.15, 0.2) is 27.4 Å². The number of amides is 2. The van der Waals surface area contributed by atoms with Crippen molar-refractivity contribution >= 4 is 51.1 Å². The molecule has 1 atom stereocenters. The van der Waals surface area contributed by atoms with E-state index in [4.69, 9.17) is 25.5 Å². The normalized spacial score (nSPS) is 12.9. The monoisotopic (exact) mass is 615 g/mol. The number of carbonyl (C=O) groups is 2. The first-order valence-corrected chi connectivity index (χ1v) is 13.1. The van der Waals surface area contributed by atoms with Gasteiger partial charge in [0.15, 0.2) is 5.82 Å². The van der Waals surface area contributed by atoms with Gasteiger partial charge in [0.1, 0.15) is 33.8 Å². The summed E-state index contributed by atoms with van der Waals surface area (Å²) in [4.78, 5) is 31.3. The molecule has 0 radical (unpaired) electrons. The molecule has 0 aliphatic rings. The number of rotatable bonds is 7. The molecule has 0 spiro atoms. The first-order valence-electron chi connectivity index (χ1n) is 11.9. The van der Waals surface area contributed by atoms with Gasteiger partial charge < -0.3 is 19.2 Å². The van der Waals surface area contributed by atoms with Crippen LogP contribution in [0.4, 0.5) is 19.8 Å². The lowest BCUT2D eigenvalue weighted by atomic mass is 10.1. The number of furan rings is 1. The van der Waals surface area contributed by atoms with Crippen molar-refractivity contribution in [1.82, 2.24) is 19.9 Å². The third kappa shape index (κ3) is 7.37. The second-order valence-electron chi connectivity index (χ2n) is 10.7.